The molecule has 3 rings (SSSR count). The molecule has 0 spiro atoms. The van der Waals surface area contributed by atoms with Crippen LogP contribution in [0.25, 0.3) is 5.69 Å². The molecular formula is C13H14N2O. The number of nitrogens with zero attached hydrogens (tertiary/aromatic N) is 2. The van der Waals surface area contributed by atoms with Crippen LogP contribution in [0.1, 0.15) is 18.9 Å². The van der Waals surface area contributed by atoms with Crippen molar-refractivity contribution in [3.05, 3.63) is 48.3 Å². The molecule has 2 atom stereocenters. The lowest BCUT2D eigenvalue weighted by atomic mass is 10.1. The normalized spacial score (nSPS) is 28.0. The van der Waals surface area contributed by atoms with E-state index in [2.05, 4.69) is 12.0 Å². The van der Waals surface area contributed by atoms with Gasteiger partial charge < -0.3 is 5.11 Å². The Labute approximate surface area is 94.3 Å². The van der Waals surface area contributed by atoms with E-state index in [-0.39, 0.29) is 0 Å². The van der Waals surface area contributed by atoms with Gasteiger partial charge in [0.25, 0.3) is 0 Å². The van der Waals surface area contributed by atoms with Gasteiger partial charge in [0.15, 0.2) is 0 Å². The minimum absolute atomic E-state index is 0.361. The fraction of sp³-hybridized carbons (Fsp3) is 0.308. The smallest absolute Gasteiger partial charge is 0.0927 e. The molecule has 0 aliphatic heterocycles. The molecule has 3 nitrogen and oxygen atoms in total. The molecule has 2 unspecified atom stereocenters. The van der Waals surface area contributed by atoms with Gasteiger partial charge in [-0.2, -0.15) is 5.10 Å². The first-order chi connectivity index (χ1) is 7.70. The maximum Gasteiger partial charge on any atom is 0.0927 e. The van der Waals surface area contributed by atoms with Crippen LogP contribution >= 0.6 is 0 Å². The van der Waals surface area contributed by atoms with E-state index in [1.54, 1.807) is 10.9 Å². The van der Waals surface area contributed by atoms with E-state index >= 15 is 0 Å². The third-order valence-corrected chi connectivity index (χ3v) is 3.39. The fourth-order valence-corrected chi connectivity index (χ4v) is 2.15. The predicted molar refractivity (Wildman–Crippen MR) is 61.2 cm³/mol. The molecule has 1 aromatic carbocycles. The molecule has 1 aliphatic rings. The van der Waals surface area contributed by atoms with Gasteiger partial charge in [-0.3, -0.25) is 0 Å². The average molecular weight is 214 g/mol. The number of hydrogen-bond donors (Lipinski definition) is 1. The highest BCUT2D eigenvalue weighted by atomic mass is 16.3. The number of rotatable bonds is 2. The third kappa shape index (κ3) is 1.36. The number of benzene rings is 1. The lowest BCUT2D eigenvalue weighted by molar-refractivity contribution is 0.134. The molecule has 1 heterocycles. The molecule has 1 aliphatic carbocycles. The molecule has 0 radical (unpaired) electrons. The van der Waals surface area contributed by atoms with Gasteiger partial charge >= 0.3 is 0 Å². The molecule has 0 bridgehead atoms. The lowest BCUT2D eigenvalue weighted by Gasteiger charge is -2.11. The summed E-state index contributed by atoms with van der Waals surface area (Å²) in [6.45, 7) is 2.07. The second-order valence-corrected chi connectivity index (χ2v) is 4.53. The summed E-state index contributed by atoms with van der Waals surface area (Å²) < 4.78 is 1.81. The van der Waals surface area contributed by atoms with Crippen molar-refractivity contribution >= 4 is 0 Å². The topological polar surface area (TPSA) is 38.0 Å². The van der Waals surface area contributed by atoms with Gasteiger partial charge in [-0.15, -0.1) is 0 Å². The minimum atomic E-state index is -0.608. The minimum Gasteiger partial charge on any atom is -0.385 e. The van der Waals surface area contributed by atoms with E-state index < -0.39 is 5.60 Å². The van der Waals surface area contributed by atoms with E-state index in [9.17, 15) is 5.11 Å². The van der Waals surface area contributed by atoms with Crippen molar-refractivity contribution in [2.75, 3.05) is 0 Å². The lowest BCUT2D eigenvalue weighted by Crippen LogP contribution is -2.08. The van der Waals surface area contributed by atoms with Gasteiger partial charge in [0.2, 0.25) is 0 Å². The molecule has 1 N–H and O–H groups in total. The number of aromatic nitrogens is 2. The van der Waals surface area contributed by atoms with Gasteiger partial charge in [-0.05, 0) is 36.1 Å². The second kappa shape index (κ2) is 3.19. The highest BCUT2D eigenvalue weighted by molar-refractivity contribution is 5.40. The summed E-state index contributed by atoms with van der Waals surface area (Å²) in [5.41, 5.74) is 1.38. The standard InChI is InChI=1S/C13H14N2O/c1-10-9-13(10,16)11-4-2-5-12(8-11)15-7-3-6-14-15/h2-8,10,16H,9H2,1H3. The monoisotopic (exact) mass is 214 g/mol. The molecule has 82 valence electrons. The summed E-state index contributed by atoms with van der Waals surface area (Å²) in [7, 11) is 0. The Hall–Kier alpha value is -1.61. The molecule has 0 amide bonds. The summed E-state index contributed by atoms with van der Waals surface area (Å²) in [6.07, 6.45) is 4.51. The third-order valence-electron chi connectivity index (χ3n) is 3.39. The van der Waals surface area contributed by atoms with Crippen LogP contribution in [0.15, 0.2) is 42.7 Å². The van der Waals surface area contributed by atoms with Gasteiger partial charge in [0.1, 0.15) is 0 Å². The summed E-state index contributed by atoms with van der Waals surface area (Å²) in [5, 5.41) is 14.4. The van der Waals surface area contributed by atoms with E-state index in [1.807, 2.05) is 36.5 Å². The van der Waals surface area contributed by atoms with Crippen LogP contribution in [0.2, 0.25) is 0 Å². The van der Waals surface area contributed by atoms with E-state index in [0.717, 1.165) is 17.7 Å². The first-order valence-corrected chi connectivity index (χ1v) is 5.53. The summed E-state index contributed by atoms with van der Waals surface area (Å²) in [6, 6.07) is 9.84. The van der Waals surface area contributed by atoms with Gasteiger partial charge in [0, 0.05) is 12.4 Å². The van der Waals surface area contributed by atoms with Crippen LogP contribution in [-0.2, 0) is 5.60 Å². The van der Waals surface area contributed by atoms with Crippen LogP contribution in [0.3, 0.4) is 0 Å². The van der Waals surface area contributed by atoms with E-state index in [1.165, 1.54) is 0 Å². The molecule has 0 saturated heterocycles. The number of aliphatic hydroxyl groups is 1. The Morgan fingerprint density at radius 1 is 1.44 bits per heavy atom. The quantitative estimate of drug-likeness (QED) is 0.831. The fourth-order valence-electron chi connectivity index (χ4n) is 2.15. The maximum atomic E-state index is 10.3. The number of hydrogen-bond acceptors (Lipinski definition) is 2. The Kier molecular flexibility index (Phi) is 1.91. The maximum absolute atomic E-state index is 10.3. The molecule has 1 aromatic heterocycles. The zero-order chi connectivity index (χ0) is 11.2. The second-order valence-electron chi connectivity index (χ2n) is 4.53. The SMILES string of the molecule is CC1CC1(O)c1cccc(-n2cccn2)c1. The van der Waals surface area contributed by atoms with Crippen molar-refractivity contribution in [1.82, 2.24) is 9.78 Å². The Bertz CT molecular complexity index is 506. The Balaban J connectivity index is 2.01. The highest BCUT2D eigenvalue weighted by Crippen LogP contribution is 2.51. The zero-order valence-electron chi connectivity index (χ0n) is 9.17. The Morgan fingerprint density at radius 2 is 2.25 bits per heavy atom. The van der Waals surface area contributed by atoms with Crippen LogP contribution < -0.4 is 0 Å². The molecular weight excluding hydrogens is 200 g/mol. The summed E-state index contributed by atoms with van der Waals surface area (Å²) in [5.74, 6) is 0.361. The Morgan fingerprint density at radius 3 is 2.88 bits per heavy atom. The molecule has 16 heavy (non-hydrogen) atoms. The van der Waals surface area contributed by atoms with Crippen molar-refractivity contribution in [2.45, 2.75) is 18.9 Å². The summed E-state index contributed by atoms with van der Waals surface area (Å²) >= 11 is 0. The molecule has 2 aromatic rings. The first-order valence-electron chi connectivity index (χ1n) is 5.53. The van der Waals surface area contributed by atoms with Crippen molar-refractivity contribution < 1.29 is 5.11 Å². The molecule has 3 heteroatoms. The van der Waals surface area contributed by atoms with Crippen molar-refractivity contribution in [1.29, 1.82) is 0 Å². The van der Waals surface area contributed by atoms with Gasteiger partial charge in [-0.25, -0.2) is 4.68 Å². The van der Waals surface area contributed by atoms with E-state index in [0.29, 0.717) is 5.92 Å². The van der Waals surface area contributed by atoms with Crippen LogP contribution in [0.4, 0.5) is 0 Å². The average Bonchev–Trinajstić information content (AvgIpc) is 2.73. The zero-order valence-corrected chi connectivity index (χ0v) is 9.17. The van der Waals surface area contributed by atoms with Crippen LogP contribution in [-0.4, -0.2) is 14.9 Å². The van der Waals surface area contributed by atoms with Crippen LogP contribution in [0.5, 0.6) is 0 Å². The molecule has 1 fully saturated rings. The van der Waals surface area contributed by atoms with Crippen LogP contribution in [0, 0.1) is 5.92 Å². The van der Waals surface area contributed by atoms with Crippen molar-refractivity contribution in [3.8, 4) is 5.69 Å². The highest BCUT2D eigenvalue weighted by Gasteiger charge is 2.50. The van der Waals surface area contributed by atoms with Gasteiger partial charge in [-0.1, -0.05) is 19.1 Å². The largest absolute Gasteiger partial charge is 0.385 e. The summed E-state index contributed by atoms with van der Waals surface area (Å²) in [4.78, 5) is 0. The van der Waals surface area contributed by atoms with Gasteiger partial charge in [0.05, 0.1) is 11.3 Å². The first kappa shape index (κ1) is 9.60. The molecule has 1 saturated carbocycles. The van der Waals surface area contributed by atoms with Crippen molar-refractivity contribution in [3.63, 3.8) is 0 Å². The predicted octanol–water partition coefficient (Wildman–Crippen LogP) is 2.10. The van der Waals surface area contributed by atoms with E-state index in [4.69, 9.17) is 0 Å². The van der Waals surface area contributed by atoms with Crippen molar-refractivity contribution in [2.24, 2.45) is 5.92 Å².